The Morgan fingerprint density at radius 1 is 0.297 bits per heavy atom. The first kappa shape index (κ1) is 42.9. The molecule has 1 atom stereocenters. The lowest BCUT2D eigenvalue weighted by atomic mass is 10.00. The Balaban J connectivity index is 0.811. The predicted octanol–water partition coefficient (Wildman–Crippen LogP) is 15.9. The van der Waals surface area contributed by atoms with E-state index in [2.05, 4.69) is 179 Å². The molecule has 0 spiro atoms. The average molecular weight is 949 g/mol. The highest BCUT2D eigenvalue weighted by Gasteiger charge is 2.20. The Labute approximate surface area is 427 Å². The van der Waals surface area contributed by atoms with Crippen LogP contribution in [0.5, 0.6) is 0 Å². The fraction of sp³-hybridized carbons (Fsp3) is 0.0303. The number of allylic oxidation sites excluding steroid dienone is 4. The Kier molecular flexibility index (Phi) is 10.5. The molecule has 348 valence electrons. The smallest absolute Gasteiger partial charge is 0.164 e. The molecule has 0 fully saturated rings. The van der Waals surface area contributed by atoms with Crippen molar-refractivity contribution in [1.82, 2.24) is 39.0 Å². The number of fused-ring (bicyclic) bond motifs is 6. The van der Waals surface area contributed by atoms with Crippen LogP contribution in [0.2, 0.25) is 0 Å². The van der Waals surface area contributed by atoms with Gasteiger partial charge in [-0.3, -0.25) is 0 Å². The minimum Gasteiger partial charge on any atom is -0.309 e. The maximum absolute atomic E-state index is 5.05. The first-order valence-electron chi connectivity index (χ1n) is 25.0. The van der Waals surface area contributed by atoms with Crippen LogP contribution < -0.4 is 0 Å². The Bertz CT molecular complexity index is 4250. The van der Waals surface area contributed by atoms with Gasteiger partial charge in [-0.05, 0) is 102 Å². The Morgan fingerprint density at radius 2 is 0.649 bits per heavy atom. The minimum atomic E-state index is 0.0946. The second-order valence-electron chi connectivity index (χ2n) is 18.7. The van der Waals surface area contributed by atoms with Crippen LogP contribution >= 0.6 is 0 Å². The number of aromatic nitrogens is 8. The maximum atomic E-state index is 5.05. The first-order valence-corrected chi connectivity index (χ1v) is 25.0. The molecule has 0 amide bonds. The van der Waals surface area contributed by atoms with E-state index in [1.54, 1.807) is 0 Å². The van der Waals surface area contributed by atoms with Gasteiger partial charge in [0, 0.05) is 66.7 Å². The number of benzene rings is 9. The third-order valence-electron chi connectivity index (χ3n) is 14.1. The molecule has 1 unspecified atom stereocenters. The molecule has 14 rings (SSSR count). The van der Waals surface area contributed by atoms with E-state index in [4.69, 9.17) is 29.9 Å². The largest absolute Gasteiger partial charge is 0.309 e. The van der Waals surface area contributed by atoms with Crippen LogP contribution in [0, 0.1) is 0 Å². The van der Waals surface area contributed by atoms with Gasteiger partial charge in [0.25, 0.3) is 0 Å². The topological polar surface area (TPSA) is 87.2 Å². The molecule has 0 saturated carbocycles. The van der Waals surface area contributed by atoms with Crippen LogP contribution in [-0.4, -0.2) is 39.0 Å². The number of nitrogens with zero attached hydrogens (tertiary/aromatic N) is 8. The zero-order valence-corrected chi connectivity index (χ0v) is 40.0. The lowest BCUT2D eigenvalue weighted by Crippen LogP contribution is -2.07. The van der Waals surface area contributed by atoms with Crippen LogP contribution in [-0.2, 0) is 0 Å². The molecule has 4 aromatic heterocycles. The van der Waals surface area contributed by atoms with E-state index in [1.165, 1.54) is 21.5 Å². The van der Waals surface area contributed by atoms with Gasteiger partial charge in [-0.1, -0.05) is 164 Å². The zero-order valence-electron chi connectivity index (χ0n) is 40.0. The van der Waals surface area contributed by atoms with Gasteiger partial charge in [0.15, 0.2) is 29.1 Å². The van der Waals surface area contributed by atoms with Crippen LogP contribution in [0.4, 0.5) is 0 Å². The van der Waals surface area contributed by atoms with Crippen molar-refractivity contribution in [3.8, 4) is 79.4 Å². The van der Waals surface area contributed by atoms with Gasteiger partial charge in [-0.25, -0.2) is 29.9 Å². The summed E-state index contributed by atoms with van der Waals surface area (Å²) in [5, 5.41) is 4.78. The van der Waals surface area contributed by atoms with E-state index >= 15 is 0 Å². The van der Waals surface area contributed by atoms with Crippen LogP contribution in [0.3, 0.4) is 0 Å². The summed E-state index contributed by atoms with van der Waals surface area (Å²) in [7, 11) is 0. The summed E-state index contributed by atoms with van der Waals surface area (Å²) in [6.07, 6.45) is 9.35. The molecule has 13 aromatic rings. The molecule has 8 heteroatoms. The molecule has 8 nitrogen and oxygen atoms in total. The Morgan fingerprint density at radius 3 is 1.05 bits per heavy atom. The van der Waals surface area contributed by atoms with Crippen molar-refractivity contribution >= 4 is 43.6 Å². The van der Waals surface area contributed by atoms with Crippen molar-refractivity contribution in [3.05, 3.63) is 255 Å². The SMILES string of the molecule is C1=CCC(c2nc(-c3ccccc3)nc(-c3ccc(-n4c5ccccc5c5cc(-c6ccc7c(c6)c6ccccc6n7-c6ccc(-c7nc(-c8ccccc8)nc(-c8ccccc8)n7)cc6)ccc54)cc3)n2)C=C1. The van der Waals surface area contributed by atoms with Crippen molar-refractivity contribution in [3.63, 3.8) is 0 Å². The monoisotopic (exact) mass is 948 g/mol. The van der Waals surface area contributed by atoms with E-state index in [1.807, 2.05) is 78.9 Å². The summed E-state index contributed by atoms with van der Waals surface area (Å²) in [6.45, 7) is 0. The third-order valence-corrected chi connectivity index (χ3v) is 14.1. The van der Waals surface area contributed by atoms with Crippen molar-refractivity contribution < 1.29 is 0 Å². The molecular weight excluding hydrogens is 905 g/mol. The minimum absolute atomic E-state index is 0.0946. The second-order valence-corrected chi connectivity index (χ2v) is 18.7. The van der Waals surface area contributed by atoms with E-state index in [-0.39, 0.29) is 5.92 Å². The van der Waals surface area contributed by atoms with Crippen molar-refractivity contribution in [2.75, 3.05) is 0 Å². The van der Waals surface area contributed by atoms with E-state index < -0.39 is 0 Å². The fourth-order valence-corrected chi connectivity index (χ4v) is 10.5. The van der Waals surface area contributed by atoms with Crippen molar-refractivity contribution in [2.45, 2.75) is 12.3 Å². The van der Waals surface area contributed by atoms with E-state index in [9.17, 15) is 0 Å². The van der Waals surface area contributed by atoms with Gasteiger partial charge in [0.2, 0.25) is 0 Å². The summed E-state index contributed by atoms with van der Waals surface area (Å²) < 4.78 is 4.71. The molecule has 0 aliphatic heterocycles. The quantitative estimate of drug-likeness (QED) is 0.143. The summed E-state index contributed by atoms with van der Waals surface area (Å²) in [4.78, 5) is 29.9. The summed E-state index contributed by atoms with van der Waals surface area (Å²) in [5.41, 5.74) is 13.7. The van der Waals surface area contributed by atoms with Gasteiger partial charge in [-0.15, -0.1) is 0 Å². The second kappa shape index (κ2) is 18.0. The average Bonchev–Trinajstić information content (AvgIpc) is 4.02. The molecular formula is C66H44N8. The lowest BCUT2D eigenvalue weighted by Gasteiger charge is -2.14. The fourth-order valence-electron chi connectivity index (χ4n) is 10.5. The van der Waals surface area contributed by atoms with Crippen LogP contribution in [0.1, 0.15) is 18.2 Å². The van der Waals surface area contributed by atoms with Gasteiger partial charge in [-0.2, -0.15) is 0 Å². The van der Waals surface area contributed by atoms with Gasteiger partial charge in [0.1, 0.15) is 5.82 Å². The highest BCUT2D eigenvalue weighted by atomic mass is 15.0. The molecule has 9 aromatic carbocycles. The lowest BCUT2D eigenvalue weighted by molar-refractivity contribution is 0.764. The van der Waals surface area contributed by atoms with Crippen LogP contribution in [0.25, 0.3) is 123 Å². The standard InChI is InChI=1S/C66H44N8/c1-5-17-43(18-6-1)61-67-62(44-19-7-2-8-20-44)70-65(69-61)47-29-35-51(36-30-47)73-57-27-15-13-25-53(57)55-41-49(33-39-59(55)73)50-34-40-60-56(42-50)54-26-14-16-28-58(54)74(60)52-37-31-48(32-38-52)66-71-63(45-21-9-3-10-22-45)68-64(72-66)46-23-11-4-12-24-46/h1-23,25-42,46H,24H2. The molecule has 74 heavy (non-hydrogen) atoms. The first-order chi connectivity index (χ1) is 36.7. The molecule has 1 aliphatic carbocycles. The van der Waals surface area contributed by atoms with Gasteiger partial charge >= 0.3 is 0 Å². The molecule has 0 saturated heterocycles. The predicted molar refractivity (Wildman–Crippen MR) is 300 cm³/mol. The molecule has 0 radical (unpaired) electrons. The highest BCUT2D eigenvalue weighted by Crippen LogP contribution is 2.39. The zero-order chi connectivity index (χ0) is 49.0. The molecule has 0 N–H and O–H groups in total. The maximum Gasteiger partial charge on any atom is 0.164 e. The van der Waals surface area contributed by atoms with E-state index in [0.717, 1.165) is 84.6 Å². The van der Waals surface area contributed by atoms with Crippen molar-refractivity contribution in [1.29, 1.82) is 0 Å². The number of hydrogen-bond acceptors (Lipinski definition) is 6. The van der Waals surface area contributed by atoms with Crippen molar-refractivity contribution in [2.24, 2.45) is 0 Å². The number of hydrogen-bond donors (Lipinski definition) is 0. The normalized spacial score (nSPS) is 13.4. The van der Waals surface area contributed by atoms with Crippen LogP contribution in [0.15, 0.2) is 249 Å². The van der Waals surface area contributed by atoms with Gasteiger partial charge < -0.3 is 9.13 Å². The van der Waals surface area contributed by atoms with Gasteiger partial charge in [0.05, 0.1) is 22.1 Å². The summed E-state index contributed by atoms with van der Waals surface area (Å²) in [6, 6.07) is 78.6. The van der Waals surface area contributed by atoms with E-state index in [0.29, 0.717) is 29.1 Å². The highest BCUT2D eigenvalue weighted by molar-refractivity contribution is 6.12. The molecule has 0 bridgehead atoms. The molecule has 1 aliphatic rings. The Hall–Kier alpha value is -9.92. The number of para-hydroxylation sites is 2. The number of rotatable bonds is 9. The third kappa shape index (κ3) is 7.64. The summed E-state index contributed by atoms with van der Waals surface area (Å²) >= 11 is 0. The molecule has 4 heterocycles. The summed E-state index contributed by atoms with van der Waals surface area (Å²) in [5.74, 6) is 4.13.